The van der Waals surface area contributed by atoms with Gasteiger partial charge < -0.3 is 4.90 Å². The summed E-state index contributed by atoms with van der Waals surface area (Å²) in [5, 5.41) is 0.765. The van der Waals surface area contributed by atoms with Gasteiger partial charge in [-0.25, -0.2) is 4.98 Å². The molecule has 0 bridgehead atoms. The highest BCUT2D eigenvalue weighted by Gasteiger charge is 2.27. The van der Waals surface area contributed by atoms with Gasteiger partial charge in [-0.2, -0.15) is 0 Å². The van der Waals surface area contributed by atoms with Crippen molar-refractivity contribution in [3.05, 3.63) is 93.8 Å². The fourth-order valence-electron chi connectivity index (χ4n) is 4.43. The third kappa shape index (κ3) is 3.50. The Kier molecular flexibility index (Phi) is 5.05. The molecule has 0 atom stereocenters. The van der Waals surface area contributed by atoms with Crippen molar-refractivity contribution >= 4 is 23.1 Å². The molecule has 5 rings (SSSR count). The van der Waals surface area contributed by atoms with Crippen LogP contribution in [-0.2, 0) is 12.8 Å². The lowest BCUT2D eigenvalue weighted by Gasteiger charge is -2.30. The number of carbonyl (C=O) groups is 1. The second-order valence-corrected chi connectivity index (χ2v) is 8.11. The van der Waals surface area contributed by atoms with E-state index < -0.39 is 0 Å². The SMILES string of the molecule is O=C(c1cnccn1)N1CCC(=C2c3ccc(Cl)cc3CCc3cccnc32)CC1. The fraction of sp³-hybridized carbons (Fsp3) is 0.250. The summed E-state index contributed by atoms with van der Waals surface area (Å²) >= 11 is 6.30. The van der Waals surface area contributed by atoms with Crippen LogP contribution in [0.1, 0.15) is 45.7 Å². The predicted molar refractivity (Wildman–Crippen MR) is 116 cm³/mol. The number of likely N-dealkylation sites (tertiary alicyclic amines) is 1. The summed E-state index contributed by atoms with van der Waals surface area (Å²) in [6.45, 7) is 1.33. The lowest BCUT2D eigenvalue weighted by Crippen LogP contribution is -2.37. The third-order valence-corrected chi connectivity index (χ3v) is 6.15. The van der Waals surface area contributed by atoms with E-state index in [9.17, 15) is 4.79 Å². The maximum Gasteiger partial charge on any atom is 0.274 e. The van der Waals surface area contributed by atoms with Crippen molar-refractivity contribution in [3.63, 3.8) is 0 Å². The van der Waals surface area contributed by atoms with E-state index in [0.717, 1.165) is 36.4 Å². The summed E-state index contributed by atoms with van der Waals surface area (Å²) in [5.41, 5.74) is 7.80. The Morgan fingerprint density at radius 1 is 0.933 bits per heavy atom. The molecule has 2 aliphatic rings. The van der Waals surface area contributed by atoms with Gasteiger partial charge in [0.25, 0.3) is 5.91 Å². The van der Waals surface area contributed by atoms with E-state index in [1.165, 1.54) is 34.0 Å². The zero-order chi connectivity index (χ0) is 20.5. The largest absolute Gasteiger partial charge is 0.337 e. The maximum atomic E-state index is 12.8. The third-order valence-electron chi connectivity index (χ3n) is 5.92. The van der Waals surface area contributed by atoms with E-state index in [1.807, 2.05) is 23.2 Å². The molecule has 30 heavy (non-hydrogen) atoms. The molecular weight excluding hydrogens is 396 g/mol. The standard InChI is InChI=1S/C24H21ClN4O/c25-19-5-6-20-18(14-19)4-3-17-2-1-9-28-23(17)22(20)16-7-12-29(13-8-16)24(30)21-15-26-10-11-27-21/h1-2,5-6,9-11,14-15H,3-4,7-8,12-13H2. The Morgan fingerprint density at radius 2 is 1.77 bits per heavy atom. The number of pyridine rings is 1. The van der Waals surface area contributed by atoms with Crippen molar-refractivity contribution in [3.8, 4) is 0 Å². The summed E-state index contributed by atoms with van der Waals surface area (Å²) in [7, 11) is 0. The monoisotopic (exact) mass is 416 g/mol. The molecule has 0 radical (unpaired) electrons. The van der Waals surface area contributed by atoms with Crippen LogP contribution in [0, 0.1) is 0 Å². The minimum Gasteiger partial charge on any atom is -0.337 e. The first kappa shape index (κ1) is 18.9. The first-order chi connectivity index (χ1) is 14.7. The lowest BCUT2D eigenvalue weighted by atomic mass is 9.88. The number of hydrogen-bond donors (Lipinski definition) is 0. The second kappa shape index (κ2) is 8.00. The summed E-state index contributed by atoms with van der Waals surface area (Å²) in [5.74, 6) is -0.0567. The molecule has 3 aromatic rings. The number of carbonyl (C=O) groups excluding carboxylic acids is 1. The highest BCUT2D eigenvalue weighted by Crippen LogP contribution is 2.38. The van der Waals surface area contributed by atoms with Crippen LogP contribution in [-0.4, -0.2) is 38.8 Å². The maximum absolute atomic E-state index is 12.8. The number of nitrogens with zero attached hydrogens (tertiary/aromatic N) is 4. The van der Waals surface area contributed by atoms with E-state index in [-0.39, 0.29) is 5.91 Å². The summed E-state index contributed by atoms with van der Waals surface area (Å²) in [6, 6.07) is 10.3. The molecule has 1 aliphatic heterocycles. The van der Waals surface area contributed by atoms with Gasteiger partial charge in [0.05, 0.1) is 11.9 Å². The molecule has 1 amide bonds. The van der Waals surface area contributed by atoms with Crippen LogP contribution in [0.2, 0.25) is 5.02 Å². The highest BCUT2D eigenvalue weighted by atomic mass is 35.5. The van der Waals surface area contributed by atoms with Crippen LogP contribution >= 0.6 is 11.6 Å². The normalized spacial score (nSPS) is 16.0. The van der Waals surface area contributed by atoms with Gasteiger partial charge in [-0.15, -0.1) is 0 Å². The highest BCUT2D eigenvalue weighted by molar-refractivity contribution is 6.30. The number of piperidine rings is 1. The van der Waals surface area contributed by atoms with Gasteiger partial charge in [-0.05, 0) is 60.6 Å². The predicted octanol–water partition coefficient (Wildman–Crippen LogP) is 4.36. The molecule has 1 fully saturated rings. The van der Waals surface area contributed by atoms with Gasteiger partial charge in [-0.3, -0.25) is 14.8 Å². The molecule has 0 spiro atoms. The van der Waals surface area contributed by atoms with Crippen LogP contribution in [0.25, 0.3) is 5.57 Å². The zero-order valence-corrected chi connectivity index (χ0v) is 17.3. The van der Waals surface area contributed by atoms with Gasteiger partial charge in [0.15, 0.2) is 0 Å². The van der Waals surface area contributed by atoms with Crippen LogP contribution in [0.15, 0.2) is 60.7 Å². The lowest BCUT2D eigenvalue weighted by molar-refractivity contribution is 0.0737. The zero-order valence-electron chi connectivity index (χ0n) is 16.5. The number of fused-ring (bicyclic) bond motifs is 2. The van der Waals surface area contributed by atoms with Crippen LogP contribution < -0.4 is 0 Å². The van der Waals surface area contributed by atoms with Crippen molar-refractivity contribution in [1.82, 2.24) is 19.9 Å². The number of benzene rings is 1. The van der Waals surface area contributed by atoms with E-state index in [4.69, 9.17) is 16.6 Å². The summed E-state index contributed by atoms with van der Waals surface area (Å²) in [4.78, 5) is 27.6. The molecule has 1 aliphatic carbocycles. The molecule has 2 aromatic heterocycles. The van der Waals surface area contributed by atoms with Crippen molar-refractivity contribution in [2.45, 2.75) is 25.7 Å². The molecule has 5 nitrogen and oxygen atoms in total. The number of aromatic nitrogens is 3. The van der Waals surface area contributed by atoms with E-state index >= 15 is 0 Å². The van der Waals surface area contributed by atoms with Gasteiger partial charge in [0.2, 0.25) is 0 Å². The van der Waals surface area contributed by atoms with Crippen LogP contribution in [0.5, 0.6) is 0 Å². The van der Waals surface area contributed by atoms with Crippen molar-refractivity contribution in [2.24, 2.45) is 0 Å². The Labute approximate surface area is 180 Å². The first-order valence-corrected chi connectivity index (χ1v) is 10.6. The van der Waals surface area contributed by atoms with E-state index in [1.54, 1.807) is 12.4 Å². The molecule has 1 saturated heterocycles. The van der Waals surface area contributed by atoms with Gasteiger partial charge in [0, 0.05) is 42.3 Å². The molecule has 3 heterocycles. The Balaban J connectivity index is 1.51. The van der Waals surface area contributed by atoms with Gasteiger partial charge in [0.1, 0.15) is 5.69 Å². The van der Waals surface area contributed by atoms with E-state index in [0.29, 0.717) is 18.8 Å². The van der Waals surface area contributed by atoms with Gasteiger partial charge in [-0.1, -0.05) is 29.3 Å². The average molecular weight is 417 g/mol. The number of hydrogen-bond acceptors (Lipinski definition) is 4. The van der Waals surface area contributed by atoms with Crippen molar-refractivity contribution in [2.75, 3.05) is 13.1 Å². The van der Waals surface area contributed by atoms with Crippen LogP contribution in [0.4, 0.5) is 0 Å². The number of amides is 1. The number of aryl methyl sites for hydroxylation is 2. The summed E-state index contributed by atoms with van der Waals surface area (Å²) in [6.07, 6.45) is 10.1. The smallest absolute Gasteiger partial charge is 0.274 e. The fourth-order valence-corrected chi connectivity index (χ4v) is 4.63. The van der Waals surface area contributed by atoms with E-state index in [2.05, 4.69) is 28.2 Å². The molecule has 1 aromatic carbocycles. The molecule has 150 valence electrons. The minimum atomic E-state index is -0.0567. The topological polar surface area (TPSA) is 59.0 Å². The van der Waals surface area contributed by atoms with Crippen molar-refractivity contribution in [1.29, 1.82) is 0 Å². The molecule has 0 saturated carbocycles. The average Bonchev–Trinajstić information content (AvgIpc) is 2.96. The Bertz CT molecular complexity index is 1130. The quantitative estimate of drug-likeness (QED) is 0.591. The summed E-state index contributed by atoms with van der Waals surface area (Å²) < 4.78 is 0. The number of halogens is 1. The van der Waals surface area contributed by atoms with Crippen molar-refractivity contribution < 1.29 is 4.79 Å². The molecule has 6 heteroatoms. The molecule has 0 unspecified atom stereocenters. The van der Waals surface area contributed by atoms with Crippen LogP contribution in [0.3, 0.4) is 0 Å². The number of rotatable bonds is 1. The second-order valence-electron chi connectivity index (χ2n) is 7.67. The minimum absolute atomic E-state index is 0.0567. The Morgan fingerprint density at radius 3 is 2.57 bits per heavy atom. The van der Waals surface area contributed by atoms with Gasteiger partial charge >= 0.3 is 0 Å². The molecule has 0 N–H and O–H groups in total. The first-order valence-electron chi connectivity index (χ1n) is 10.2. The Hall–Kier alpha value is -3.05. The molecular formula is C24H21ClN4O.